The second-order valence-corrected chi connectivity index (χ2v) is 6.82. The summed E-state index contributed by atoms with van der Waals surface area (Å²) in [7, 11) is 0. The van der Waals surface area contributed by atoms with Crippen LogP contribution >= 0.6 is 0 Å². The van der Waals surface area contributed by atoms with Crippen LogP contribution in [0.25, 0.3) is 0 Å². The number of anilines is 1. The number of amides is 1. The molecule has 0 aliphatic carbocycles. The van der Waals surface area contributed by atoms with Gasteiger partial charge in [-0.25, -0.2) is 4.68 Å². The van der Waals surface area contributed by atoms with Gasteiger partial charge in [0.1, 0.15) is 11.5 Å². The predicted octanol–water partition coefficient (Wildman–Crippen LogP) is 3.22. The SMILES string of the molecule is Cc1cc(NC(=O)c2ccc[nH]2)n(C2CCN(Cc3ccccc3)C2)n1. The van der Waals surface area contributed by atoms with Gasteiger partial charge in [0.05, 0.1) is 11.7 Å². The number of nitrogens with one attached hydrogen (secondary N) is 2. The molecule has 2 N–H and O–H groups in total. The van der Waals surface area contributed by atoms with Gasteiger partial charge >= 0.3 is 0 Å². The molecule has 6 heteroatoms. The summed E-state index contributed by atoms with van der Waals surface area (Å²) < 4.78 is 1.97. The van der Waals surface area contributed by atoms with E-state index in [4.69, 9.17) is 0 Å². The van der Waals surface area contributed by atoms with E-state index >= 15 is 0 Å². The molecule has 3 heterocycles. The number of benzene rings is 1. The van der Waals surface area contributed by atoms with Gasteiger partial charge < -0.3 is 10.3 Å². The van der Waals surface area contributed by atoms with Gasteiger partial charge in [-0.15, -0.1) is 0 Å². The summed E-state index contributed by atoms with van der Waals surface area (Å²) in [6.07, 6.45) is 2.77. The third-order valence-corrected chi connectivity index (χ3v) is 4.78. The molecule has 1 aromatic carbocycles. The molecule has 1 fully saturated rings. The number of likely N-dealkylation sites (tertiary alicyclic amines) is 1. The zero-order valence-electron chi connectivity index (χ0n) is 14.9. The largest absolute Gasteiger partial charge is 0.357 e. The molecule has 1 aliphatic rings. The summed E-state index contributed by atoms with van der Waals surface area (Å²) >= 11 is 0. The van der Waals surface area contributed by atoms with E-state index in [9.17, 15) is 4.79 Å². The van der Waals surface area contributed by atoms with Crippen LogP contribution in [0.4, 0.5) is 5.82 Å². The lowest BCUT2D eigenvalue weighted by molar-refractivity contribution is 0.102. The van der Waals surface area contributed by atoms with Gasteiger partial charge in [0.25, 0.3) is 5.91 Å². The molecule has 1 unspecified atom stereocenters. The molecule has 0 spiro atoms. The smallest absolute Gasteiger partial charge is 0.273 e. The van der Waals surface area contributed by atoms with Crippen molar-refractivity contribution >= 4 is 11.7 Å². The monoisotopic (exact) mass is 349 g/mol. The zero-order valence-corrected chi connectivity index (χ0v) is 14.9. The summed E-state index contributed by atoms with van der Waals surface area (Å²) in [5.41, 5.74) is 2.78. The number of rotatable bonds is 5. The van der Waals surface area contributed by atoms with E-state index in [1.54, 1.807) is 12.3 Å². The minimum Gasteiger partial charge on any atom is -0.357 e. The number of nitrogens with zero attached hydrogens (tertiary/aromatic N) is 3. The molecule has 4 rings (SSSR count). The van der Waals surface area contributed by atoms with Crippen LogP contribution < -0.4 is 5.32 Å². The Balaban J connectivity index is 1.46. The van der Waals surface area contributed by atoms with Crippen LogP contribution in [0, 0.1) is 6.92 Å². The van der Waals surface area contributed by atoms with Crippen LogP contribution in [0.15, 0.2) is 54.7 Å². The first-order valence-corrected chi connectivity index (χ1v) is 8.96. The standard InChI is InChI=1S/C20H23N5O/c1-15-12-19(22-20(26)18-8-5-10-21-18)25(23-15)17-9-11-24(14-17)13-16-6-3-2-4-7-16/h2-8,10,12,17,21H,9,11,13-14H2,1H3,(H,22,26). The average molecular weight is 349 g/mol. The van der Waals surface area contributed by atoms with Crippen molar-refractivity contribution in [3.05, 3.63) is 71.7 Å². The molecule has 2 aromatic heterocycles. The fourth-order valence-electron chi connectivity index (χ4n) is 3.54. The Morgan fingerprint density at radius 3 is 2.88 bits per heavy atom. The topological polar surface area (TPSA) is 66.0 Å². The van der Waals surface area contributed by atoms with Gasteiger partial charge in [-0.3, -0.25) is 9.69 Å². The molecule has 6 nitrogen and oxygen atoms in total. The third kappa shape index (κ3) is 3.55. The molecule has 0 bridgehead atoms. The highest BCUT2D eigenvalue weighted by molar-refractivity contribution is 6.02. The Morgan fingerprint density at radius 2 is 2.12 bits per heavy atom. The van der Waals surface area contributed by atoms with Crippen LogP contribution in [-0.4, -0.2) is 38.7 Å². The van der Waals surface area contributed by atoms with Crippen molar-refractivity contribution < 1.29 is 4.79 Å². The molecule has 1 aliphatic heterocycles. The number of carbonyl (C=O) groups excluding carboxylic acids is 1. The molecule has 1 amide bonds. The van der Waals surface area contributed by atoms with E-state index in [-0.39, 0.29) is 11.9 Å². The normalized spacial score (nSPS) is 17.5. The fourth-order valence-corrected chi connectivity index (χ4v) is 3.54. The summed E-state index contributed by atoms with van der Waals surface area (Å²) in [5, 5.41) is 7.62. The van der Waals surface area contributed by atoms with Crippen LogP contribution in [0.3, 0.4) is 0 Å². The number of H-pyrrole nitrogens is 1. The Morgan fingerprint density at radius 1 is 1.27 bits per heavy atom. The summed E-state index contributed by atoms with van der Waals surface area (Å²) in [4.78, 5) is 17.7. The summed E-state index contributed by atoms with van der Waals surface area (Å²) in [6, 6.07) is 16.3. The number of aryl methyl sites for hydroxylation is 1. The molecule has 26 heavy (non-hydrogen) atoms. The van der Waals surface area contributed by atoms with Crippen molar-refractivity contribution in [3.8, 4) is 0 Å². The first kappa shape index (κ1) is 16.6. The lowest BCUT2D eigenvalue weighted by Crippen LogP contribution is -2.23. The second kappa shape index (κ2) is 7.17. The lowest BCUT2D eigenvalue weighted by atomic mass is 10.2. The maximum absolute atomic E-state index is 12.4. The van der Waals surface area contributed by atoms with Gasteiger partial charge in [-0.2, -0.15) is 5.10 Å². The van der Waals surface area contributed by atoms with E-state index in [0.29, 0.717) is 5.69 Å². The van der Waals surface area contributed by atoms with Gasteiger partial charge in [-0.05, 0) is 31.0 Å². The number of aromatic nitrogens is 3. The molecule has 3 aromatic rings. The number of carbonyl (C=O) groups is 1. The molecular formula is C20H23N5O. The molecule has 134 valence electrons. The summed E-state index contributed by atoms with van der Waals surface area (Å²) in [6.45, 7) is 4.86. The maximum Gasteiger partial charge on any atom is 0.273 e. The fraction of sp³-hybridized carbons (Fsp3) is 0.300. The zero-order chi connectivity index (χ0) is 17.9. The van der Waals surface area contributed by atoms with Crippen LogP contribution in [-0.2, 0) is 6.54 Å². The molecule has 1 saturated heterocycles. The molecular weight excluding hydrogens is 326 g/mol. The summed E-state index contributed by atoms with van der Waals surface area (Å²) in [5.74, 6) is 0.615. The first-order valence-electron chi connectivity index (χ1n) is 8.96. The molecule has 1 atom stereocenters. The maximum atomic E-state index is 12.4. The van der Waals surface area contributed by atoms with Gasteiger partial charge in [-0.1, -0.05) is 30.3 Å². The van der Waals surface area contributed by atoms with Crippen molar-refractivity contribution in [2.75, 3.05) is 18.4 Å². The van der Waals surface area contributed by atoms with Crippen molar-refractivity contribution in [2.24, 2.45) is 0 Å². The highest BCUT2D eigenvalue weighted by Gasteiger charge is 2.27. The highest BCUT2D eigenvalue weighted by atomic mass is 16.2. The van der Waals surface area contributed by atoms with Crippen molar-refractivity contribution in [3.63, 3.8) is 0 Å². The van der Waals surface area contributed by atoms with E-state index < -0.39 is 0 Å². The van der Waals surface area contributed by atoms with Gasteiger partial charge in [0, 0.05) is 31.9 Å². The van der Waals surface area contributed by atoms with Crippen molar-refractivity contribution in [1.29, 1.82) is 0 Å². The Bertz CT molecular complexity index is 869. The first-order chi connectivity index (χ1) is 12.7. The second-order valence-electron chi connectivity index (χ2n) is 6.82. The quantitative estimate of drug-likeness (QED) is 0.743. The predicted molar refractivity (Wildman–Crippen MR) is 101 cm³/mol. The lowest BCUT2D eigenvalue weighted by Gasteiger charge is -2.18. The van der Waals surface area contributed by atoms with E-state index in [2.05, 4.69) is 44.6 Å². The molecule has 0 saturated carbocycles. The molecule has 0 radical (unpaired) electrons. The average Bonchev–Trinajstić information content (AvgIpc) is 3.37. The Kier molecular flexibility index (Phi) is 4.58. The van der Waals surface area contributed by atoms with Gasteiger partial charge in [0.2, 0.25) is 0 Å². The van der Waals surface area contributed by atoms with Gasteiger partial charge in [0.15, 0.2) is 0 Å². The van der Waals surface area contributed by atoms with Crippen LogP contribution in [0.1, 0.15) is 34.2 Å². The number of aromatic amines is 1. The minimum absolute atomic E-state index is 0.143. The van der Waals surface area contributed by atoms with Crippen LogP contribution in [0.2, 0.25) is 0 Å². The number of hydrogen-bond donors (Lipinski definition) is 2. The van der Waals surface area contributed by atoms with E-state index in [1.165, 1.54) is 5.56 Å². The number of hydrogen-bond acceptors (Lipinski definition) is 3. The van der Waals surface area contributed by atoms with Crippen LogP contribution in [0.5, 0.6) is 0 Å². The van der Waals surface area contributed by atoms with E-state index in [0.717, 1.165) is 37.6 Å². The third-order valence-electron chi connectivity index (χ3n) is 4.78. The minimum atomic E-state index is -0.143. The Hall–Kier alpha value is -2.86. The van der Waals surface area contributed by atoms with Crippen molar-refractivity contribution in [2.45, 2.75) is 25.9 Å². The highest BCUT2D eigenvalue weighted by Crippen LogP contribution is 2.27. The van der Waals surface area contributed by atoms with E-state index in [1.807, 2.05) is 29.8 Å². The van der Waals surface area contributed by atoms with Crippen molar-refractivity contribution in [1.82, 2.24) is 19.7 Å². The Labute approximate surface area is 152 Å².